The van der Waals surface area contributed by atoms with Crippen LogP contribution in [0.5, 0.6) is 0 Å². The maximum atomic E-state index is 13.4. The van der Waals surface area contributed by atoms with Gasteiger partial charge < -0.3 is 15.0 Å². The summed E-state index contributed by atoms with van der Waals surface area (Å²) < 4.78 is 20.7. The molecule has 7 nitrogen and oxygen atoms in total. The third kappa shape index (κ3) is 3.97. The molecule has 26 heavy (non-hydrogen) atoms. The van der Waals surface area contributed by atoms with Gasteiger partial charge in [-0.3, -0.25) is 14.3 Å². The summed E-state index contributed by atoms with van der Waals surface area (Å²) in [4.78, 5) is 26.7. The maximum Gasteiger partial charge on any atom is 0.274 e. The molecule has 0 bridgehead atoms. The number of anilines is 1. The van der Waals surface area contributed by atoms with Gasteiger partial charge in [0.1, 0.15) is 11.5 Å². The predicted molar refractivity (Wildman–Crippen MR) is 99.7 cm³/mol. The molecular formula is C16H15Br2FN4O3. The molecular weight excluding hydrogens is 475 g/mol. The Kier molecular flexibility index (Phi) is 5.73. The van der Waals surface area contributed by atoms with E-state index in [9.17, 15) is 14.0 Å². The van der Waals surface area contributed by atoms with Gasteiger partial charge in [0.15, 0.2) is 5.69 Å². The topological polar surface area (TPSA) is 76.5 Å². The number of aryl methyl sites for hydroxylation is 1. The Morgan fingerprint density at radius 1 is 1.19 bits per heavy atom. The average molecular weight is 490 g/mol. The number of rotatable bonds is 3. The Balaban J connectivity index is 1.80. The van der Waals surface area contributed by atoms with Crippen molar-refractivity contribution in [3.63, 3.8) is 0 Å². The first-order valence-corrected chi connectivity index (χ1v) is 9.32. The fourth-order valence-corrected chi connectivity index (χ4v) is 3.88. The van der Waals surface area contributed by atoms with Gasteiger partial charge in [-0.05, 0) is 44.0 Å². The quantitative estimate of drug-likeness (QED) is 0.719. The van der Waals surface area contributed by atoms with E-state index in [0.717, 1.165) is 0 Å². The molecule has 0 atom stereocenters. The Bertz CT molecular complexity index is 842. The summed E-state index contributed by atoms with van der Waals surface area (Å²) in [5.74, 6) is -1.15. The van der Waals surface area contributed by atoms with E-state index >= 15 is 0 Å². The van der Waals surface area contributed by atoms with Crippen molar-refractivity contribution in [2.75, 3.05) is 31.6 Å². The van der Waals surface area contributed by atoms with Gasteiger partial charge in [0.25, 0.3) is 11.8 Å². The van der Waals surface area contributed by atoms with Gasteiger partial charge in [0.2, 0.25) is 0 Å². The van der Waals surface area contributed by atoms with Crippen molar-refractivity contribution in [3.05, 3.63) is 44.3 Å². The van der Waals surface area contributed by atoms with Gasteiger partial charge >= 0.3 is 0 Å². The molecule has 10 heteroatoms. The van der Waals surface area contributed by atoms with E-state index < -0.39 is 11.7 Å². The summed E-state index contributed by atoms with van der Waals surface area (Å²) in [6, 6.07) is 3.94. The second kappa shape index (κ2) is 7.85. The highest BCUT2D eigenvalue weighted by molar-refractivity contribution is 9.11. The number of ether oxygens (including phenoxy) is 1. The van der Waals surface area contributed by atoms with Crippen LogP contribution in [0.1, 0.15) is 21.0 Å². The minimum Gasteiger partial charge on any atom is -0.378 e. The lowest BCUT2D eigenvalue weighted by molar-refractivity contribution is 0.0298. The number of aromatic nitrogens is 2. The molecule has 3 rings (SSSR count). The van der Waals surface area contributed by atoms with Crippen LogP contribution in [0, 0.1) is 5.82 Å². The molecule has 0 saturated carbocycles. The molecule has 0 radical (unpaired) electrons. The third-order valence-electron chi connectivity index (χ3n) is 3.88. The summed E-state index contributed by atoms with van der Waals surface area (Å²) in [6.07, 6.45) is 0. The molecule has 1 aliphatic heterocycles. The summed E-state index contributed by atoms with van der Waals surface area (Å²) in [5, 5.41) is 6.84. The molecule has 2 amide bonds. The molecule has 1 aromatic carbocycles. The highest BCUT2D eigenvalue weighted by Crippen LogP contribution is 2.32. The number of halogens is 3. The van der Waals surface area contributed by atoms with E-state index in [1.807, 2.05) is 0 Å². The third-order valence-corrected chi connectivity index (χ3v) is 5.13. The Morgan fingerprint density at radius 3 is 2.42 bits per heavy atom. The van der Waals surface area contributed by atoms with Crippen molar-refractivity contribution in [2.24, 2.45) is 7.05 Å². The Labute approximate surface area is 165 Å². The van der Waals surface area contributed by atoms with E-state index in [4.69, 9.17) is 4.74 Å². The lowest BCUT2D eigenvalue weighted by atomic mass is 10.2. The number of nitrogens with one attached hydrogen (secondary N) is 1. The zero-order valence-corrected chi connectivity index (χ0v) is 16.9. The number of hydrogen-bond donors (Lipinski definition) is 1. The highest BCUT2D eigenvalue weighted by Gasteiger charge is 2.24. The van der Waals surface area contributed by atoms with Crippen LogP contribution in [-0.4, -0.2) is 52.8 Å². The number of carbonyl (C=O) groups is 2. The van der Waals surface area contributed by atoms with Crippen LogP contribution in [0.4, 0.5) is 10.1 Å². The number of carbonyl (C=O) groups excluding carboxylic acids is 2. The predicted octanol–water partition coefficient (Wildman–Crippen LogP) is 2.81. The van der Waals surface area contributed by atoms with Crippen LogP contribution in [0.25, 0.3) is 0 Å². The Hall–Kier alpha value is -1.78. The number of hydrogen-bond acceptors (Lipinski definition) is 4. The lowest BCUT2D eigenvalue weighted by Crippen LogP contribution is -2.40. The number of benzene rings is 1. The second-order valence-corrected chi connectivity index (χ2v) is 7.35. The van der Waals surface area contributed by atoms with Gasteiger partial charge in [-0.2, -0.15) is 5.10 Å². The van der Waals surface area contributed by atoms with Gasteiger partial charge in [0, 0.05) is 35.1 Å². The zero-order valence-electron chi connectivity index (χ0n) is 13.8. The van der Waals surface area contributed by atoms with E-state index in [1.165, 1.54) is 22.9 Å². The molecule has 1 saturated heterocycles. The average Bonchev–Trinajstić information content (AvgIpc) is 3.00. The molecule has 2 heterocycles. The number of nitrogens with zero attached hydrogens (tertiary/aromatic N) is 3. The van der Waals surface area contributed by atoms with Crippen molar-refractivity contribution in [2.45, 2.75) is 0 Å². The van der Waals surface area contributed by atoms with Gasteiger partial charge in [-0.1, -0.05) is 0 Å². The lowest BCUT2D eigenvalue weighted by Gasteiger charge is -2.25. The molecule has 1 N–H and O–H groups in total. The smallest absolute Gasteiger partial charge is 0.274 e. The van der Waals surface area contributed by atoms with Crippen molar-refractivity contribution in [3.8, 4) is 0 Å². The van der Waals surface area contributed by atoms with Crippen LogP contribution in [0.3, 0.4) is 0 Å². The minimum absolute atomic E-state index is 0.191. The van der Waals surface area contributed by atoms with Crippen molar-refractivity contribution < 1.29 is 18.7 Å². The standard InChI is InChI=1S/C16H15Br2FN4O3/c1-22-13(8-12(21-22)16(25)23-2-4-26-5-3-23)15(24)20-14-10(17)6-9(19)7-11(14)18/h6-8H,2-5H2,1H3,(H,20,24). The molecule has 0 spiro atoms. The van der Waals surface area contributed by atoms with Gasteiger partial charge in [0.05, 0.1) is 18.9 Å². The first-order valence-electron chi connectivity index (χ1n) is 7.74. The summed E-state index contributed by atoms with van der Waals surface area (Å²) >= 11 is 6.44. The van der Waals surface area contributed by atoms with Crippen LogP contribution in [-0.2, 0) is 11.8 Å². The Morgan fingerprint density at radius 2 is 1.81 bits per heavy atom. The maximum absolute atomic E-state index is 13.4. The van der Waals surface area contributed by atoms with E-state index in [2.05, 4.69) is 42.3 Å². The highest BCUT2D eigenvalue weighted by atomic mass is 79.9. The van der Waals surface area contributed by atoms with Gasteiger partial charge in [-0.15, -0.1) is 0 Å². The first-order chi connectivity index (χ1) is 12.4. The monoisotopic (exact) mass is 488 g/mol. The van der Waals surface area contributed by atoms with Crippen molar-refractivity contribution >= 4 is 49.4 Å². The largest absolute Gasteiger partial charge is 0.378 e. The number of morpholine rings is 1. The molecule has 138 valence electrons. The molecule has 0 unspecified atom stereocenters. The number of amides is 2. The van der Waals surface area contributed by atoms with Gasteiger partial charge in [-0.25, -0.2) is 4.39 Å². The molecule has 0 aliphatic carbocycles. The van der Waals surface area contributed by atoms with E-state index in [-0.39, 0.29) is 17.3 Å². The summed E-state index contributed by atoms with van der Waals surface area (Å²) in [6.45, 7) is 1.95. The zero-order chi connectivity index (χ0) is 18.8. The van der Waals surface area contributed by atoms with E-state index in [0.29, 0.717) is 40.9 Å². The summed E-state index contributed by atoms with van der Waals surface area (Å²) in [5.41, 5.74) is 0.792. The minimum atomic E-state index is -0.464. The summed E-state index contributed by atoms with van der Waals surface area (Å²) in [7, 11) is 1.58. The SMILES string of the molecule is Cn1nc(C(=O)N2CCOCC2)cc1C(=O)Nc1c(Br)cc(F)cc1Br. The van der Waals surface area contributed by atoms with Crippen molar-refractivity contribution in [1.29, 1.82) is 0 Å². The molecule has 2 aromatic rings. The molecule has 1 aliphatic rings. The first kappa shape index (κ1) is 19.0. The van der Waals surface area contributed by atoms with Crippen LogP contribution < -0.4 is 5.32 Å². The molecule has 1 fully saturated rings. The fourth-order valence-electron chi connectivity index (χ4n) is 2.55. The van der Waals surface area contributed by atoms with Crippen LogP contribution >= 0.6 is 31.9 Å². The fraction of sp³-hybridized carbons (Fsp3) is 0.312. The molecule has 1 aromatic heterocycles. The normalized spacial score (nSPS) is 14.4. The second-order valence-electron chi connectivity index (χ2n) is 5.64. The van der Waals surface area contributed by atoms with Crippen molar-refractivity contribution in [1.82, 2.24) is 14.7 Å². The van der Waals surface area contributed by atoms with Crippen LogP contribution in [0.2, 0.25) is 0 Å². The van der Waals surface area contributed by atoms with E-state index in [1.54, 1.807) is 11.9 Å². The van der Waals surface area contributed by atoms with Crippen LogP contribution in [0.15, 0.2) is 27.1 Å².